The first-order valence-electron chi connectivity index (χ1n) is 5.49. The molecule has 0 saturated heterocycles. The van der Waals surface area contributed by atoms with E-state index < -0.39 is 5.97 Å². The Bertz CT molecular complexity index is 613. The molecule has 0 amide bonds. The number of benzene rings is 1. The van der Waals surface area contributed by atoms with Crippen molar-refractivity contribution in [3.8, 4) is 17.6 Å². The maximum Gasteiger partial charge on any atom is 0.335 e. The van der Waals surface area contributed by atoms with E-state index in [-0.39, 0.29) is 11.6 Å². The fourth-order valence-corrected chi connectivity index (χ4v) is 1.53. The molecule has 0 unspecified atom stereocenters. The molecule has 0 radical (unpaired) electrons. The summed E-state index contributed by atoms with van der Waals surface area (Å²) in [6, 6.07) is 6.39. The summed E-state index contributed by atoms with van der Waals surface area (Å²) in [4.78, 5) is 18.8. The van der Waals surface area contributed by atoms with E-state index in [0.717, 1.165) is 0 Å². The van der Waals surface area contributed by atoms with Crippen LogP contribution in [0.4, 0.5) is 0 Å². The van der Waals surface area contributed by atoms with Gasteiger partial charge in [0.1, 0.15) is 5.75 Å². The number of carboxylic acid groups (broad SMARTS) is 1. The molecule has 0 aliphatic heterocycles. The Morgan fingerprint density at radius 1 is 1.32 bits per heavy atom. The summed E-state index contributed by atoms with van der Waals surface area (Å²) in [6.07, 6.45) is 1.51. The monoisotopic (exact) mass is 260 g/mol. The fourth-order valence-electron chi connectivity index (χ4n) is 1.53. The van der Waals surface area contributed by atoms with Crippen molar-refractivity contribution in [3.05, 3.63) is 41.6 Å². The third-order valence-electron chi connectivity index (χ3n) is 2.45. The van der Waals surface area contributed by atoms with Gasteiger partial charge in [0.25, 0.3) is 0 Å². The topological polar surface area (TPSA) is 81.5 Å². The van der Waals surface area contributed by atoms with Crippen LogP contribution in [0.15, 0.2) is 30.5 Å². The Kier molecular flexibility index (Phi) is 3.61. The van der Waals surface area contributed by atoms with Crippen LogP contribution in [-0.2, 0) is 0 Å². The van der Waals surface area contributed by atoms with E-state index in [9.17, 15) is 4.79 Å². The maximum absolute atomic E-state index is 10.9. The lowest BCUT2D eigenvalue weighted by Gasteiger charge is -2.07. The minimum Gasteiger partial charge on any atom is -0.481 e. The van der Waals surface area contributed by atoms with Crippen molar-refractivity contribution >= 4 is 5.97 Å². The number of hydrogen-bond donors (Lipinski definition) is 1. The molecule has 0 atom stereocenters. The van der Waals surface area contributed by atoms with Gasteiger partial charge in [-0.15, -0.1) is 0 Å². The average Bonchev–Trinajstić information content (AvgIpc) is 2.38. The van der Waals surface area contributed by atoms with E-state index >= 15 is 0 Å². The van der Waals surface area contributed by atoms with Crippen LogP contribution in [0.3, 0.4) is 0 Å². The van der Waals surface area contributed by atoms with Crippen LogP contribution in [0.2, 0.25) is 0 Å². The molecule has 6 nitrogen and oxygen atoms in total. The van der Waals surface area contributed by atoms with E-state index in [2.05, 4.69) is 9.97 Å². The zero-order valence-corrected chi connectivity index (χ0v) is 10.5. The minimum atomic E-state index is -0.971. The lowest BCUT2D eigenvalue weighted by atomic mass is 10.1. The number of aromatic nitrogens is 2. The molecular weight excluding hydrogens is 248 g/mol. The Labute approximate surface area is 109 Å². The summed E-state index contributed by atoms with van der Waals surface area (Å²) in [7, 11) is 1.50. The van der Waals surface area contributed by atoms with Crippen LogP contribution in [-0.4, -0.2) is 28.2 Å². The van der Waals surface area contributed by atoms with Gasteiger partial charge in [0, 0.05) is 12.3 Å². The normalized spacial score (nSPS) is 10.0. The molecule has 1 heterocycles. The van der Waals surface area contributed by atoms with Gasteiger partial charge in [-0.3, -0.25) is 0 Å². The van der Waals surface area contributed by atoms with Crippen LogP contribution in [0, 0.1) is 6.92 Å². The molecule has 6 heteroatoms. The molecule has 1 aromatic heterocycles. The molecule has 0 saturated carbocycles. The standard InChI is InChI=1S/C13H12N2O4/c1-8-7-9(3-4-10(8)12(16)17)19-13-14-6-5-11(15-13)18-2/h3-7H,1-2H3,(H,16,17). The van der Waals surface area contributed by atoms with Gasteiger partial charge in [0.2, 0.25) is 5.88 Å². The first-order chi connectivity index (χ1) is 9.10. The molecule has 98 valence electrons. The number of hydrogen-bond acceptors (Lipinski definition) is 5. The van der Waals surface area contributed by atoms with Gasteiger partial charge in [0.15, 0.2) is 0 Å². The highest BCUT2D eigenvalue weighted by molar-refractivity contribution is 5.89. The molecule has 0 aliphatic carbocycles. The van der Waals surface area contributed by atoms with Crippen molar-refractivity contribution in [3.63, 3.8) is 0 Å². The zero-order valence-electron chi connectivity index (χ0n) is 10.5. The smallest absolute Gasteiger partial charge is 0.335 e. The first kappa shape index (κ1) is 12.8. The Morgan fingerprint density at radius 3 is 2.74 bits per heavy atom. The molecule has 1 N–H and O–H groups in total. The van der Waals surface area contributed by atoms with Crippen LogP contribution >= 0.6 is 0 Å². The van der Waals surface area contributed by atoms with Crippen molar-refractivity contribution < 1.29 is 19.4 Å². The minimum absolute atomic E-state index is 0.141. The lowest BCUT2D eigenvalue weighted by molar-refractivity contribution is 0.0696. The lowest BCUT2D eigenvalue weighted by Crippen LogP contribution is -2.00. The average molecular weight is 260 g/mol. The van der Waals surface area contributed by atoms with E-state index in [1.54, 1.807) is 25.1 Å². The first-order valence-corrected chi connectivity index (χ1v) is 5.49. The molecule has 0 aliphatic rings. The second-order valence-electron chi connectivity index (χ2n) is 3.77. The molecule has 0 fully saturated rings. The molecule has 2 aromatic rings. The molecular formula is C13H12N2O4. The summed E-state index contributed by atoms with van der Waals surface area (Å²) in [5, 5.41) is 8.93. The summed E-state index contributed by atoms with van der Waals surface area (Å²) in [5.41, 5.74) is 0.840. The van der Waals surface area contributed by atoms with E-state index in [4.69, 9.17) is 14.6 Å². The summed E-state index contributed by atoms with van der Waals surface area (Å²) in [5.74, 6) is -0.110. The second-order valence-corrected chi connectivity index (χ2v) is 3.77. The van der Waals surface area contributed by atoms with Crippen molar-refractivity contribution in [2.45, 2.75) is 6.92 Å². The third-order valence-corrected chi connectivity index (χ3v) is 2.45. The van der Waals surface area contributed by atoms with Gasteiger partial charge in [0.05, 0.1) is 12.7 Å². The summed E-state index contributed by atoms with van der Waals surface area (Å²) in [6.45, 7) is 1.70. The SMILES string of the molecule is COc1ccnc(Oc2ccc(C(=O)O)c(C)c2)n1. The van der Waals surface area contributed by atoms with E-state index in [1.165, 1.54) is 19.4 Å². The van der Waals surface area contributed by atoms with Crippen molar-refractivity contribution in [2.75, 3.05) is 7.11 Å². The fraction of sp³-hybridized carbons (Fsp3) is 0.154. The van der Waals surface area contributed by atoms with Gasteiger partial charge in [-0.1, -0.05) is 0 Å². The number of carboxylic acids is 1. The van der Waals surface area contributed by atoms with Crippen LogP contribution in [0.5, 0.6) is 17.6 Å². The largest absolute Gasteiger partial charge is 0.481 e. The van der Waals surface area contributed by atoms with Crippen molar-refractivity contribution in [2.24, 2.45) is 0 Å². The van der Waals surface area contributed by atoms with E-state index in [0.29, 0.717) is 17.2 Å². The maximum atomic E-state index is 10.9. The number of methoxy groups -OCH3 is 1. The number of ether oxygens (including phenoxy) is 2. The van der Waals surface area contributed by atoms with Crippen LogP contribution in [0.1, 0.15) is 15.9 Å². The number of aromatic carboxylic acids is 1. The van der Waals surface area contributed by atoms with Crippen LogP contribution < -0.4 is 9.47 Å². The number of nitrogens with zero attached hydrogens (tertiary/aromatic N) is 2. The molecule has 19 heavy (non-hydrogen) atoms. The van der Waals surface area contributed by atoms with Crippen molar-refractivity contribution in [1.82, 2.24) is 9.97 Å². The van der Waals surface area contributed by atoms with Gasteiger partial charge in [-0.25, -0.2) is 9.78 Å². The van der Waals surface area contributed by atoms with Gasteiger partial charge in [-0.2, -0.15) is 4.98 Å². The van der Waals surface area contributed by atoms with Gasteiger partial charge >= 0.3 is 12.0 Å². The molecule has 0 spiro atoms. The highest BCUT2D eigenvalue weighted by atomic mass is 16.5. The highest BCUT2D eigenvalue weighted by Crippen LogP contribution is 2.22. The Hall–Kier alpha value is -2.63. The molecule has 2 rings (SSSR count). The predicted octanol–water partition coefficient (Wildman–Crippen LogP) is 2.28. The quantitative estimate of drug-likeness (QED) is 0.908. The third kappa shape index (κ3) is 2.98. The van der Waals surface area contributed by atoms with Crippen LogP contribution in [0.25, 0.3) is 0 Å². The van der Waals surface area contributed by atoms with E-state index in [1.807, 2.05) is 0 Å². The van der Waals surface area contributed by atoms with Gasteiger partial charge in [-0.05, 0) is 30.7 Å². The molecule has 1 aromatic carbocycles. The summed E-state index contributed by atoms with van der Waals surface area (Å²) >= 11 is 0. The number of carbonyl (C=O) groups is 1. The van der Waals surface area contributed by atoms with Gasteiger partial charge < -0.3 is 14.6 Å². The Balaban J connectivity index is 2.23. The predicted molar refractivity (Wildman–Crippen MR) is 66.8 cm³/mol. The molecule has 0 bridgehead atoms. The zero-order chi connectivity index (χ0) is 13.8. The number of aryl methyl sites for hydroxylation is 1. The summed E-state index contributed by atoms with van der Waals surface area (Å²) < 4.78 is 10.4. The van der Waals surface area contributed by atoms with Crippen molar-refractivity contribution in [1.29, 1.82) is 0 Å². The Morgan fingerprint density at radius 2 is 2.11 bits per heavy atom. The number of rotatable bonds is 4. The highest BCUT2D eigenvalue weighted by Gasteiger charge is 2.09. The second kappa shape index (κ2) is 5.34.